The van der Waals surface area contributed by atoms with E-state index in [0.717, 1.165) is 6.42 Å². The van der Waals surface area contributed by atoms with Gasteiger partial charge in [0, 0.05) is 0 Å². The fraction of sp³-hybridized carbons (Fsp3) is 0.227. The number of hydrogen-bond acceptors (Lipinski definition) is 0. The van der Waals surface area contributed by atoms with Crippen LogP contribution in [0.3, 0.4) is 0 Å². The van der Waals surface area contributed by atoms with E-state index in [4.69, 9.17) is 0 Å². The number of hydrogen-bond donors (Lipinski definition) is 0. The van der Waals surface area contributed by atoms with E-state index in [9.17, 15) is 0 Å². The van der Waals surface area contributed by atoms with Gasteiger partial charge in [-0.2, -0.15) is 23.3 Å². The van der Waals surface area contributed by atoms with Gasteiger partial charge in [-0.3, -0.25) is 0 Å². The molecule has 1 heteroatoms. The van der Waals surface area contributed by atoms with Gasteiger partial charge < -0.3 is 0 Å². The van der Waals surface area contributed by atoms with Crippen LogP contribution >= 0.6 is 0 Å². The average Bonchev–Trinajstić information content (AvgIpc) is 3.14. The third-order valence-corrected chi connectivity index (χ3v) is 4.12. The molecular formula is C22H21Zr-. The van der Waals surface area contributed by atoms with Crippen molar-refractivity contribution in [1.29, 1.82) is 0 Å². The zero-order valence-corrected chi connectivity index (χ0v) is 16.4. The maximum Gasteiger partial charge on any atom is -0.00216 e. The normalized spacial score (nSPS) is 14.2. The van der Waals surface area contributed by atoms with Gasteiger partial charge in [-0.15, -0.1) is 11.1 Å². The van der Waals surface area contributed by atoms with Gasteiger partial charge in [0.25, 0.3) is 0 Å². The first-order valence-electron chi connectivity index (χ1n) is 8.07. The SMILES string of the molecule is C[C](C)=[Zr].Cc1cc(C2C=CC=C2)[c-]c2c1-c1ccccc1C2. The van der Waals surface area contributed by atoms with Crippen LogP contribution in [-0.2, 0) is 30.7 Å². The molecule has 0 aromatic heterocycles. The van der Waals surface area contributed by atoms with Crippen molar-refractivity contribution < 1.29 is 24.2 Å². The van der Waals surface area contributed by atoms with Crippen molar-refractivity contribution in [2.45, 2.75) is 33.1 Å². The van der Waals surface area contributed by atoms with Gasteiger partial charge in [-0.1, -0.05) is 66.6 Å². The molecule has 0 unspecified atom stereocenters. The molecule has 0 bridgehead atoms. The van der Waals surface area contributed by atoms with Crippen LogP contribution in [-0.4, -0.2) is 3.21 Å². The maximum atomic E-state index is 3.65. The summed E-state index contributed by atoms with van der Waals surface area (Å²) in [6.07, 6.45) is 9.74. The van der Waals surface area contributed by atoms with Crippen LogP contribution in [0.5, 0.6) is 0 Å². The van der Waals surface area contributed by atoms with Crippen molar-refractivity contribution in [2.75, 3.05) is 0 Å². The Morgan fingerprint density at radius 3 is 2.48 bits per heavy atom. The van der Waals surface area contributed by atoms with Gasteiger partial charge in [0.1, 0.15) is 0 Å². The molecule has 0 fully saturated rings. The second-order valence-corrected chi connectivity index (χ2v) is 8.85. The van der Waals surface area contributed by atoms with E-state index in [0.29, 0.717) is 5.92 Å². The summed E-state index contributed by atoms with van der Waals surface area (Å²) >= 11 is 1.55. The minimum atomic E-state index is 0.410. The number of fused-ring (bicyclic) bond motifs is 3. The van der Waals surface area contributed by atoms with E-state index in [1.165, 1.54) is 36.6 Å². The Bertz CT molecular complexity index is 793. The van der Waals surface area contributed by atoms with Crippen LogP contribution in [0.4, 0.5) is 0 Å². The molecule has 0 radical (unpaired) electrons. The maximum absolute atomic E-state index is 3.65. The van der Waals surface area contributed by atoms with Crippen LogP contribution in [0.25, 0.3) is 11.1 Å². The number of rotatable bonds is 1. The zero-order chi connectivity index (χ0) is 16.4. The fourth-order valence-electron chi connectivity index (χ4n) is 3.25. The predicted octanol–water partition coefficient (Wildman–Crippen LogP) is 5.32. The van der Waals surface area contributed by atoms with Gasteiger partial charge >= 0.3 is 41.3 Å². The van der Waals surface area contributed by atoms with Gasteiger partial charge in [0.05, 0.1) is 0 Å². The fourth-order valence-corrected chi connectivity index (χ4v) is 3.25. The summed E-state index contributed by atoms with van der Waals surface area (Å²) in [6, 6.07) is 14.7. The molecule has 0 aliphatic heterocycles. The van der Waals surface area contributed by atoms with Gasteiger partial charge in [0.2, 0.25) is 0 Å². The van der Waals surface area contributed by atoms with E-state index < -0.39 is 0 Å². The van der Waals surface area contributed by atoms with Crippen molar-refractivity contribution >= 4 is 3.21 Å². The topological polar surface area (TPSA) is 0 Å². The third-order valence-electron chi connectivity index (χ3n) is 4.12. The second-order valence-electron chi connectivity index (χ2n) is 6.39. The first-order chi connectivity index (χ1) is 11.1. The average molecular weight is 377 g/mol. The molecule has 0 N–H and O–H groups in total. The first kappa shape index (κ1) is 16.5. The molecule has 114 valence electrons. The van der Waals surface area contributed by atoms with E-state index in [-0.39, 0.29) is 0 Å². The first-order valence-corrected chi connectivity index (χ1v) is 9.30. The molecule has 0 amide bonds. The van der Waals surface area contributed by atoms with Crippen LogP contribution in [0.2, 0.25) is 0 Å². The molecule has 2 aliphatic rings. The summed E-state index contributed by atoms with van der Waals surface area (Å²) in [4.78, 5) is 0. The van der Waals surface area contributed by atoms with Crippen LogP contribution in [0.15, 0.2) is 54.6 Å². The molecule has 0 atom stereocenters. The molecule has 0 spiro atoms. The number of benzene rings is 2. The molecule has 0 saturated carbocycles. The van der Waals surface area contributed by atoms with Gasteiger partial charge in [-0.25, -0.2) is 0 Å². The quantitative estimate of drug-likeness (QED) is 0.504. The smallest absolute Gasteiger partial charge is 0.00216 e. The zero-order valence-electron chi connectivity index (χ0n) is 14.0. The van der Waals surface area contributed by atoms with Crippen LogP contribution in [0.1, 0.15) is 42.0 Å². The molecule has 23 heavy (non-hydrogen) atoms. The van der Waals surface area contributed by atoms with Gasteiger partial charge in [-0.05, 0) is 12.3 Å². The standard InChI is InChI=1S/C19H15.C3H6.Zr/c1-13-10-16(14-6-2-3-7-14)12-17-11-15-8-4-5-9-18(15)19(13)17;1-3-2;/h2-10,14H,11H2,1H3;1-2H3;/q-1;;. The molecular weight excluding hydrogens is 355 g/mol. The molecule has 2 aromatic carbocycles. The summed E-state index contributed by atoms with van der Waals surface area (Å²) in [6.45, 7) is 6.47. The van der Waals surface area contributed by atoms with E-state index in [1.807, 2.05) is 0 Å². The predicted molar refractivity (Wildman–Crippen MR) is 95.6 cm³/mol. The minimum Gasteiger partial charge on any atom is -0.175 e. The summed E-state index contributed by atoms with van der Waals surface area (Å²) in [5.41, 5.74) is 8.29. The van der Waals surface area contributed by atoms with Crippen LogP contribution in [0, 0.1) is 13.0 Å². The Morgan fingerprint density at radius 1 is 1.13 bits per heavy atom. The third kappa shape index (κ3) is 3.61. The Labute approximate surface area is 154 Å². The molecule has 0 nitrogen and oxygen atoms in total. The Hall–Kier alpha value is -1.33. The summed E-state index contributed by atoms with van der Waals surface area (Å²) in [5, 5.41) is 0. The van der Waals surface area contributed by atoms with Crippen molar-refractivity contribution in [1.82, 2.24) is 0 Å². The summed E-state index contributed by atoms with van der Waals surface area (Å²) < 4.78 is 1.51. The van der Waals surface area contributed by atoms with Crippen molar-refractivity contribution in [3.05, 3.63) is 83.0 Å². The summed E-state index contributed by atoms with van der Waals surface area (Å²) in [7, 11) is 0. The molecule has 0 heterocycles. The van der Waals surface area contributed by atoms with Crippen molar-refractivity contribution in [3.8, 4) is 11.1 Å². The molecule has 2 aromatic rings. The Morgan fingerprint density at radius 2 is 1.78 bits per heavy atom. The van der Waals surface area contributed by atoms with Crippen LogP contribution < -0.4 is 0 Å². The summed E-state index contributed by atoms with van der Waals surface area (Å²) in [5.74, 6) is 0.410. The largest absolute Gasteiger partial charge is 0.175 e. The Kier molecular flexibility index (Phi) is 5.07. The number of allylic oxidation sites excluding steroid dienone is 4. The van der Waals surface area contributed by atoms with Crippen molar-refractivity contribution in [3.63, 3.8) is 0 Å². The molecule has 2 aliphatic carbocycles. The minimum absolute atomic E-state index is 0.410. The van der Waals surface area contributed by atoms with Crippen molar-refractivity contribution in [2.24, 2.45) is 0 Å². The van der Waals surface area contributed by atoms with E-state index in [1.54, 1.807) is 24.2 Å². The van der Waals surface area contributed by atoms with E-state index in [2.05, 4.69) is 81.5 Å². The van der Waals surface area contributed by atoms with Gasteiger partial charge in [0.15, 0.2) is 0 Å². The second kappa shape index (κ2) is 7.06. The Balaban J connectivity index is 0.000000354. The molecule has 0 saturated heterocycles. The molecule has 4 rings (SSSR count). The number of aryl methyl sites for hydroxylation is 1. The van der Waals surface area contributed by atoms with E-state index >= 15 is 0 Å². The monoisotopic (exact) mass is 375 g/mol.